The van der Waals surface area contributed by atoms with Crippen molar-refractivity contribution in [3.63, 3.8) is 0 Å². The largest absolute Gasteiger partial charge is 0.477 e. The fraction of sp³-hybridized carbons (Fsp3) is 0.154. The van der Waals surface area contributed by atoms with E-state index in [2.05, 4.69) is 4.72 Å². The van der Waals surface area contributed by atoms with Gasteiger partial charge >= 0.3 is 5.97 Å². The molecule has 106 valence electrons. The highest BCUT2D eigenvalue weighted by Gasteiger charge is 2.21. The number of thiophene rings is 1. The van der Waals surface area contributed by atoms with Crippen molar-refractivity contribution in [3.8, 4) is 0 Å². The van der Waals surface area contributed by atoms with Crippen LogP contribution in [0.4, 0.5) is 5.69 Å². The maximum atomic E-state index is 12.2. The molecule has 0 spiro atoms. The number of aryl methyl sites for hydroxylation is 2. The van der Waals surface area contributed by atoms with Gasteiger partial charge in [-0.3, -0.25) is 4.72 Å². The fourth-order valence-corrected chi connectivity index (χ4v) is 3.69. The molecule has 0 bridgehead atoms. The molecule has 0 aliphatic carbocycles. The van der Waals surface area contributed by atoms with Gasteiger partial charge in [0.15, 0.2) is 0 Å². The van der Waals surface area contributed by atoms with E-state index in [-0.39, 0.29) is 15.5 Å². The van der Waals surface area contributed by atoms with E-state index in [1.165, 1.54) is 12.1 Å². The number of carbonyl (C=O) groups is 1. The zero-order valence-corrected chi connectivity index (χ0v) is 12.5. The Morgan fingerprint density at radius 1 is 1.20 bits per heavy atom. The van der Waals surface area contributed by atoms with Crippen LogP contribution in [0.3, 0.4) is 0 Å². The number of rotatable bonds is 4. The molecule has 0 unspecified atom stereocenters. The van der Waals surface area contributed by atoms with E-state index in [1.54, 1.807) is 24.4 Å². The van der Waals surface area contributed by atoms with E-state index >= 15 is 0 Å². The monoisotopic (exact) mass is 311 g/mol. The Kier molecular flexibility index (Phi) is 3.82. The average molecular weight is 311 g/mol. The molecule has 0 saturated carbocycles. The molecule has 1 heterocycles. The first-order chi connectivity index (χ1) is 9.31. The first-order valence-electron chi connectivity index (χ1n) is 5.72. The third-order valence-corrected chi connectivity index (χ3v) is 5.19. The predicted molar refractivity (Wildman–Crippen MR) is 78.0 cm³/mol. The molecule has 0 saturated heterocycles. The van der Waals surface area contributed by atoms with Crippen LogP contribution < -0.4 is 4.72 Å². The van der Waals surface area contributed by atoms with Crippen molar-refractivity contribution >= 4 is 33.0 Å². The van der Waals surface area contributed by atoms with Crippen molar-refractivity contribution in [1.82, 2.24) is 0 Å². The molecule has 2 rings (SSSR count). The normalized spacial score (nSPS) is 11.3. The van der Waals surface area contributed by atoms with Gasteiger partial charge < -0.3 is 5.11 Å². The van der Waals surface area contributed by atoms with Crippen LogP contribution in [0.2, 0.25) is 0 Å². The molecule has 0 fully saturated rings. The summed E-state index contributed by atoms with van der Waals surface area (Å²) < 4.78 is 26.8. The van der Waals surface area contributed by atoms with Crippen LogP contribution in [-0.4, -0.2) is 19.5 Å². The van der Waals surface area contributed by atoms with Crippen LogP contribution in [0, 0.1) is 13.8 Å². The fourth-order valence-electron chi connectivity index (χ4n) is 1.64. The number of anilines is 1. The Hall–Kier alpha value is -1.86. The molecule has 1 aromatic heterocycles. The standard InChI is InChI=1S/C13H13NO4S2/c1-8-3-5-10(6-4-8)20(17,18)14-11-9(2)7-19-12(11)13(15)16/h3-7,14H,1-2H3,(H,15,16). The Balaban J connectivity index is 2.41. The lowest BCUT2D eigenvalue weighted by Gasteiger charge is -2.09. The van der Waals surface area contributed by atoms with E-state index in [0.29, 0.717) is 5.56 Å². The second-order valence-electron chi connectivity index (χ2n) is 4.35. The van der Waals surface area contributed by atoms with Gasteiger partial charge in [-0.25, -0.2) is 13.2 Å². The molecule has 0 radical (unpaired) electrons. The highest BCUT2D eigenvalue weighted by atomic mass is 32.2. The van der Waals surface area contributed by atoms with Crippen LogP contribution >= 0.6 is 11.3 Å². The van der Waals surface area contributed by atoms with Gasteiger partial charge in [0, 0.05) is 0 Å². The van der Waals surface area contributed by atoms with Crippen LogP contribution in [-0.2, 0) is 10.0 Å². The van der Waals surface area contributed by atoms with Crippen LogP contribution in [0.25, 0.3) is 0 Å². The summed E-state index contributed by atoms with van der Waals surface area (Å²) in [6.45, 7) is 3.52. The molecule has 0 aliphatic rings. The number of carboxylic acid groups (broad SMARTS) is 1. The minimum absolute atomic E-state index is 0.0156. The molecular formula is C13H13NO4S2. The SMILES string of the molecule is Cc1ccc(S(=O)(=O)Nc2c(C)csc2C(=O)O)cc1. The van der Waals surface area contributed by atoms with Gasteiger partial charge in [-0.15, -0.1) is 11.3 Å². The van der Waals surface area contributed by atoms with Crippen molar-refractivity contribution in [2.45, 2.75) is 18.7 Å². The van der Waals surface area contributed by atoms with Gasteiger partial charge in [0.1, 0.15) is 4.88 Å². The van der Waals surface area contributed by atoms with Gasteiger partial charge in [-0.2, -0.15) is 0 Å². The Bertz CT molecular complexity index is 745. The van der Waals surface area contributed by atoms with Crippen molar-refractivity contribution < 1.29 is 18.3 Å². The summed E-state index contributed by atoms with van der Waals surface area (Å²) in [5, 5.41) is 10.7. The Labute approximate surface area is 120 Å². The molecule has 20 heavy (non-hydrogen) atoms. The van der Waals surface area contributed by atoms with E-state index in [4.69, 9.17) is 5.11 Å². The van der Waals surface area contributed by atoms with Gasteiger partial charge in [-0.1, -0.05) is 17.7 Å². The molecule has 7 heteroatoms. The first kappa shape index (κ1) is 14.5. The highest BCUT2D eigenvalue weighted by molar-refractivity contribution is 7.92. The second-order valence-corrected chi connectivity index (χ2v) is 6.91. The second kappa shape index (κ2) is 5.26. The lowest BCUT2D eigenvalue weighted by molar-refractivity contribution is 0.0703. The third kappa shape index (κ3) is 2.83. The van der Waals surface area contributed by atoms with Crippen molar-refractivity contribution in [1.29, 1.82) is 0 Å². The summed E-state index contributed by atoms with van der Waals surface area (Å²) in [4.78, 5) is 11.2. The summed E-state index contributed by atoms with van der Waals surface area (Å²) in [5.74, 6) is -1.15. The molecule has 5 nitrogen and oxygen atoms in total. The number of nitrogens with one attached hydrogen (secondary N) is 1. The van der Waals surface area contributed by atoms with Crippen LogP contribution in [0.5, 0.6) is 0 Å². The van der Waals surface area contributed by atoms with Gasteiger partial charge in [0.25, 0.3) is 10.0 Å². The lowest BCUT2D eigenvalue weighted by atomic mass is 10.2. The molecule has 2 aromatic rings. The molecule has 2 N–H and O–H groups in total. The third-order valence-electron chi connectivity index (χ3n) is 2.74. The van der Waals surface area contributed by atoms with Gasteiger partial charge in [0.05, 0.1) is 10.6 Å². The molecule has 1 aromatic carbocycles. The number of sulfonamides is 1. The van der Waals surface area contributed by atoms with E-state index in [0.717, 1.165) is 16.9 Å². The van der Waals surface area contributed by atoms with Gasteiger partial charge in [-0.05, 0) is 36.9 Å². The minimum atomic E-state index is -3.79. The number of hydrogen-bond acceptors (Lipinski definition) is 4. The number of aromatic carboxylic acids is 1. The topological polar surface area (TPSA) is 83.5 Å². The smallest absolute Gasteiger partial charge is 0.348 e. The highest BCUT2D eigenvalue weighted by Crippen LogP contribution is 2.29. The van der Waals surface area contributed by atoms with Crippen LogP contribution in [0.15, 0.2) is 34.5 Å². The summed E-state index contributed by atoms with van der Waals surface area (Å²) >= 11 is 0.996. The summed E-state index contributed by atoms with van der Waals surface area (Å²) in [5.41, 5.74) is 1.66. The molecular weight excluding hydrogens is 298 g/mol. The summed E-state index contributed by atoms with van der Waals surface area (Å²) in [6.07, 6.45) is 0. The van der Waals surface area contributed by atoms with Crippen molar-refractivity contribution in [2.24, 2.45) is 0 Å². The maximum Gasteiger partial charge on any atom is 0.348 e. The zero-order chi connectivity index (χ0) is 14.9. The molecule has 0 amide bonds. The van der Waals surface area contributed by atoms with E-state index < -0.39 is 16.0 Å². The first-order valence-corrected chi connectivity index (χ1v) is 8.08. The Morgan fingerprint density at radius 2 is 1.80 bits per heavy atom. The molecule has 0 aliphatic heterocycles. The number of benzene rings is 1. The minimum Gasteiger partial charge on any atom is -0.477 e. The predicted octanol–water partition coefficient (Wildman–Crippen LogP) is 2.86. The van der Waals surface area contributed by atoms with E-state index in [1.807, 2.05) is 6.92 Å². The zero-order valence-electron chi connectivity index (χ0n) is 10.9. The quantitative estimate of drug-likeness (QED) is 0.909. The maximum absolute atomic E-state index is 12.2. The summed E-state index contributed by atoms with van der Waals surface area (Å²) in [6, 6.07) is 6.35. The lowest BCUT2D eigenvalue weighted by Crippen LogP contribution is -2.15. The number of carboxylic acids is 1. The number of hydrogen-bond donors (Lipinski definition) is 2. The van der Waals surface area contributed by atoms with Crippen molar-refractivity contribution in [2.75, 3.05) is 4.72 Å². The average Bonchev–Trinajstić information content (AvgIpc) is 2.71. The van der Waals surface area contributed by atoms with Crippen molar-refractivity contribution in [3.05, 3.63) is 45.6 Å². The van der Waals surface area contributed by atoms with Crippen LogP contribution in [0.1, 0.15) is 20.8 Å². The van der Waals surface area contributed by atoms with Gasteiger partial charge in [0.2, 0.25) is 0 Å². The van der Waals surface area contributed by atoms with E-state index in [9.17, 15) is 13.2 Å². The summed E-state index contributed by atoms with van der Waals surface area (Å²) in [7, 11) is -3.79. The Morgan fingerprint density at radius 3 is 2.35 bits per heavy atom. The molecule has 0 atom stereocenters.